The number of amides is 1. The molecule has 0 radical (unpaired) electrons. The fourth-order valence-corrected chi connectivity index (χ4v) is 2.45. The second-order valence-corrected chi connectivity index (χ2v) is 6.54. The lowest BCUT2D eigenvalue weighted by atomic mass is 9.98. The Balaban J connectivity index is 2.02. The molecule has 1 amide bonds. The molecule has 1 heterocycles. The van der Waals surface area contributed by atoms with Crippen LogP contribution in [0.2, 0.25) is 0 Å². The lowest BCUT2D eigenvalue weighted by Gasteiger charge is -2.20. The first-order valence-electron chi connectivity index (χ1n) is 7.36. The van der Waals surface area contributed by atoms with Crippen LogP contribution in [0, 0.1) is 5.92 Å². The molecule has 1 aromatic carbocycles. The van der Waals surface area contributed by atoms with Crippen LogP contribution in [0.5, 0.6) is 5.75 Å². The maximum Gasteiger partial charge on any atom is 0.412 e. The third kappa shape index (κ3) is 4.93. The van der Waals surface area contributed by atoms with Gasteiger partial charge in [0.2, 0.25) is 0 Å². The van der Waals surface area contributed by atoms with Gasteiger partial charge >= 0.3 is 6.09 Å². The Morgan fingerprint density at radius 2 is 2.24 bits per heavy atom. The van der Waals surface area contributed by atoms with E-state index in [4.69, 9.17) is 4.74 Å². The predicted octanol–water partition coefficient (Wildman–Crippen LogP) is 2.89. The van der Waals surface area contributed by atoms with E-state index in [-0.39, 0.29) is 5.75 Å². The van der Waals surface area contributed by atoms with Crippen molar-refractivity contribution in [1.82, 2.24) is 5.32 Å². The van der Waals surface area contributed by atoms with E-state index in [0.29, 0.717) is 11.6 Å². The van der Waals surface area contributed by atoms with Crippen molar-refractivity contribution in [3.63, 3.8) is 0 Å². The van der Waals surface area contributed by atoms with Gasteiger partial charge in [-0.15, -0.1) is 0 Å². The molecule has 0 saturated carbocycles. The second-order valence-electron chi connectivity index (χ2n) is 6.54. The number of hydrogen-bond donors (Lipinski definition) is 3. The minimum atomic E-state index is -0.563. The first kappa shape index (κ1) is 15.6. The number of carbonyl (C=O) groups excluding carboxylic acids is 1. The quantitative estimate of drug-likeness (QED) is 0.749. The Labute approximate surface area is 125 Å². The number of benzene rings is 1. The summed E-state index contributed by atoms with van der Waals surface area (Å²) in [6.45, 7) is 7.49. The molecule has 1 unspecified atom stereocenters. The summed E-state index contributed by atoms with van der Waals surface area (Å²) in [5, 5.41) is 15.8. The van der Waals surface area contributed by atoms with E-state index in [9.17, 15) is 9.90 Å². The van der Waals surface area contributed by atoms with Crippen molar-refractivity contribution in [3.8, 4) is 5.75 Å². The highest BCUT2D eigenvalue weighted by Crippen LogP contribution is 2.27. The molecule has 1 atom stereocenters. The molecule has 0 bridgehead atoms. The molecule has 1 aliphatic heterocycles. The Bertz CT molecular complexity index is 503. The van der Waals surface area contributed by atoms with Crippen molar-refractivity contribution < 1.29 is 14.6 Å². The molecule has 2 rings (SSSR count). The second kappa shape index (κ2) is 6.35. The zero-order valence-electron chi connectivity index (χ0n) is 12.9. The topological polar surface area (TPSA) is 70.6 Å². The third-order valence-corrected chi connectivity index (χ3v) is 3.38. The predicted molar refractivity (Wildman–Crippen MR) is 82.6 cm³/mol. The monoisotopic (exact) mass is 292 g/mol. The summed E-state index contributed by atoms with van der Waals surface area (Å²) in [5.74, 6) is 0.665. The van der Waals surface area contributed by atoms with E-state index in [1.807, 2.05) is 12.1 Å². The van der Waals surface area contributed by atoms with E-state index in [2.05, 4.69) is 10.6 Å². The first-order valence-corrected chi connectivity index (χ1v) is 7.36. The summed E-state index contributed by atoms with van der Waals surface area (Å²) in [4.78, 5) is 11.8. The van der Waals surface area contributed by atoms with Crippen LogP contribution in [0.25, 0.3) is 0 Å². The first-order chi connectivity index (χ1) is 9.83. The maximum absolute atomic E-state index is 11.8. The van der Waals surface area contributed by atoms with Crippen molar-refractivity contribution >= 4 is 11.8 Å². The molecule has 5 nitrogen and oxygen atoms in total. The van der Waals surface area contributed by atoms with Crippen molar-refractivity contribution in [3.05, 3.63) is 23.8 Å². The SMILES string of the molecule is CC(C)(C)OC(=O)Nc1cc(CC2CCNC2)ccc1O. The smallest absolute Gasteiger partial charge is 0.412 e. The number of carbonyl (C=O) groups is 1. The summed E-state index contributed by atoms with van der Waals surface area (Å²) in [7, 11) is 0. The number of phenolic OH excluding ortho intramolecular Hbond substituents is 1. The van der Waals surface area contributed by atoms with Crippen molar-refractivity contribution in [2.24, 2.45) is 5.92 Å². The largest absolute Gasteiger partial charge is 0.506 e. The summed E-state index contributed by atoms with van der Waals surface area (Å²) in [6, 6.07) is 5.33. The van der Waals surface area contributed by atoms with Gasteiger partial charge in [0.25, 0.3) is 0 Å². The highest BCUT2D eigenvalue weighted by Gasteiger charge is 2.18. The number of ether oxygens (including phenoxy) is 1. The summed E-state index contributed by atoms with van der Waals surface area (Å²) >= 11 is 0. The molecule has 0 aromatic heterocycles. The summed E-state index contributed by atoms with van der Waals surface area (Å²) < 4.78 is 5.20. The molecule has 5 heteroatoms. The van der Waals surface area contributed by atoms with Crippen LogP contribution >= 0.6 is 0 Å². The van der Waals surface area contributed by atoms with Gasteiger partial charge in [-0.3, -0.25) is 5.32 Å². The number of anilines is 1. The number of rotatable bonds is 3. The van der Waals surface area contributed by atoms with Crippen molar-refractivity contribution in [2.45, 2.75) is 39.2 Å². The maximum atomic E-state index is 11.8. The molecule has 21 heavy (non-hydrogen) atoms. The lowest BCUT2D eigenvalue weighted by molar-refractivity contribution is 0.0635. The standard InChI is InChI=1S/C16H24N2O3/c1-16(2,3)21-15(20)18-13-9-11(4-5-14(13)19)8-12-6-7-17-10-12/h4-5,9,12,17,19H,6-8,10H2,1-3H3,(H,18,20). The fraction of sp³-hybridized carbons (Fsp3) is 0.562. The van der Waals surface area contributed by atoms with Gasteiger partial charge < -0.3 is 15.2 Å². The number of hydrogen-bond acceptors (Lipinski definition) is 4. The molecule has 0 spiro atoms. The third-order valence-electron chi connectivity index (χ3n) is 3.38. The van der Waals surface area contributed by atoms with Gasteiger partial charge in [-0.25, -0.2) is 4.79 Å². The van der Waals surface area contributed by atoms with E-state index in [1.165, 1.54) is 0 Å². The zero-order valence-corrected chi connectivity index (χ0v) is 12.9. The molecule has 1 fully saturated rings. The van der Waals surface area contributed by atoms with Crippen LogP contribution < -0.4 is 10.6 Å². The molecular formula is C16H24N2O3. The molecule has 1 aliphatic rings. The minimum absolute atomic E-state index is 0.0501. The average molecular weight is 292 g/mol. The highest BCUT2D eigenvalue weighted by atomic mass is 16.6. The van der Waals surface area contributed by atoms with Crippen LogP contribution in [-0.4, -0.2) is 29.9 Å². The Kier molecular flexibility index (Phi) is 4.73. The van der Waals surface area contributed by atoms with Gasteiger partial charge in [-0.2, -0.15) is 0 Å². The Hall–Kier alpha value is -1.75. The molecule has 0 aliphatic carbocycles. The normalized spacial score (nSPS) is 18.5. The average Bonchev–Trinajstić information content (AvgIpc) is 2.84. The lowest BCUT2D eigenvalue weighted by Crippen LogP contribution is -2.27. The van der Waals surface area contributed by atoms with E-state index < -0.39 is 11.7 Å². The van der Waals surface area contributed by atoms with Crippen LogP contribution in [0.15, 0.2) is 18.2 Å². The molecule has 116 valence electrons. The van der Waals surface area contributed by atoms with Crippen molar-refractivity contribution in [1.29, 1.82) is 0 Å². The van der Waals surface area contributed by atoms with Gasteiger partial charge in [0.1, 0.15) is 11.4 Å². The molecule has 1 saturated heterocycles. The van der Waals surface area contributed by atoms with E-state index in [0.717, 1.165) is 31.5 Å². The van der Waals surface area contributed by atoms with E-state index >= 15 is 0 Å². The minimum Gasteiger partial charge on any atom is -0.506 e. The number of nitrogens with one attached hydrogen (secondary N) is 2. The summed E-state index contributed by atoms with van der Waals surface area (Å²) in [6.07, 6.45) is 1.55. The zero-order chi connectivity index (χ0) is 15.5. The highest BCUT2D eigenvalue weighted by molar-refractivity contribution is 5.87. The fourth-order valence-electron chi connectivity index (χ4n) is 2.45. The van der Waals surface area contributed by atoms with Crippen LogP contribution in [-0.2, 0) is 11.2 Å². The van der Waals surface area contributed by atoms with Crippen LogP contribution in [0.4, 0.5) is 10.5 Å². The van der Waals surface area contributed by atoms with Gasteiger partial charge in [-0.05, 0) is 70.3 Å². The molecule has 3 N–H and O–H groups in total. The van der Waals surface area contributed by atoms with Gasteiger partial charge in [0.15, 0.2) is 0 Å². The Morgan fingerprint density at radius 3 is 2.86 bits per heavy atom. The van der Waals surface area contributed by atoms with Gasteiger partial charge in [0.05, 0.1) is 5.69 Å². The van der Waals surface area contributed by atoms with Gasteiger partial charge in [0, 0.05) is 0 Å². The van der Waals surface area contributed by atoms with Crippen molar-refractivity contribution in [2.75, 3.05) is 18.4 Å². The van der Waals surface area contributed by atoms with Gasteiger partial charge in [-0.1, -0.05) is 6.07 Å². The number of aromatic hydroxyl groups is 1. The summed E-state index contributed by atoms with van der Waals surface area (Å²) in [5.41, 5.74) is 0.938. The molecular weight excluding hydrogens is 268 g/mol. The van der Waals surface area contributed by atoms with Crippen LogP contribution in [0.1, 0.15) is 32.8 Å². The molecule has 1 aromatic rings. The van der Waals surface area contributed by atoms with E-state index in [1.54, 1.807) is 26.8 Å². The Morgan fingerprint density at radius 1 is 1.48 bits per heavy atom. The van der Waals surface area contributed by atoms with Crippen LogP contribution in [0.3, 0.4) is 0 Å². The number of phenols is 1.